The van der Waals surface area contributed by atoms with E-state index in [2.05, 4.69) is 4.98 Å². The van der Waals surface area contributed by atoms with Gasteiger partial charge in [0.25, 0.3) is 5.88 Å². The summed E-state index contributed by atoms with van der Waals surface area (Å²) >= 11 is 0. The minimum Gasteiger partial charge on any atom is -0.493 e. The van der Waals surface area contributed by atoms with Crippen molar-refractivity contribution >= 4 is 0 Å². The van der Waals surface area contributed by atoms with Crippen molar-refractivity contribution in [2.75, 3.05) is 7.11 Å². The van der Waals surface area contributed by atoms with Crippen LogP contribution in [0.5, 0.6) is 17.4 Å². The van der Waals surface area contributed by atoms with Gasteiger partial charge in [-0.3, -0.25) is 0 Å². The molecule has 2 aromatic rings. The predicted octanol–water partition coefficient (Wildman–Crippen LogP) is 3.58. The van der Waals surface area contributed by atoms with Crippen molar-refractivity contribution in [3.05, 3.63) is 47.9 Å². The van der Waals surface area contributed by atoms with E-state index in [1.165, 1.54) is 18.3 Å². The Kier molecular flexibility index (Phi) is 3.77. The Hall–Kier alpha value is -2.10. The van der Waals surface area contributed by atoms with Crippen LogP contribution in [0.25, 0.3) is 0 Å². The molecule has 0 aliphatic heterocycles. The minimum absolute atomic E-state index is 0.0555. The molecule has 0 fully saturated rings. The Balaban J connectivity index is 2.32. The van der Waals surface area contributed by atoms with Crippen molar-refractivity contribution in [2.45, 2.75) is 13.3 Å². The van der Waals surface area contributed by atoms with Crippen LogP contribution in [-0.4, -0.2) is 12.1 Å². The molecule has 0 unspecified atom stereocenters. The molecule has 0 aliphatic rings. The Labute approximate surface area is 105 Å². The Morgan fingerprint density at radius 1 is 1.22 bits per heavy atom. The van der Waals surface area contributed by atoms with Gasteiger partial charge in [0.2, 0.25) is 0 Å². The summed E-state index contributed by atoms with van der Waals surface area (Å²) in [6.07, 6.45) is 2.37. The van der Waals surface area contributed by atoms with Gasteiger partial charge in [0.05, 0.1) is 7.11 Å². The molecule has 0 amide bonds. The molecule has 0 aliphatic carbocycles. The first kappa shape index (κ1) is 12.4. The molecule has 4 heteroatoms. The van der Waals surface area contributed by atoms with Crippen molar-refractivity contribution in [2.24, 2.45) is 0 Å². The number of hydrogen-bond donors (Lipinski definition) is 0. The van der Waals surface area contributed by atoms with E-state index in [1.807, 2.05) is 19.1 Å². The van der Waals surface area contributed by atoms with Crippen LogP contribution in [-0.2, 0) is 6.42 Å². The van der Waals surface area contributed by atoms with Crippen LogP contribution in [0.3, 0.4) is 0 Å². The third-order valence-corrected chi connectivity index (χ3v) is 2.57. The van der Waals surface area contributed by atoms with Gasteiger partial charge >= 0.3 is 0 Å². The van der Waals surface area contributed by atoms with E-state index in [0.29, 0.717) is 11.5 Å². The maximum Gasteiger partial charge on any atom is 0.255 e. The van der Waals surface area contributed by atoms with Gasteiger partial charge in [0, 0.05) is 6.20 Å². The molecule has 2 rings (SSSR count). The number of hydrogen-bond acceptors (Lipinski definition) is 3. The molecule has 0 bridgehead atoms. The second-order valence-corrected chi connectivity index (χ2v) is 3.73. The van der Waals surface area contributed by atoms with Gasteiger partial charge in [-0.05, 0) is 36.2 Å². The molecule has 0 spiro atoms. The van der Waals surface area contributed by atoms with Crippen molar-refractivity contribution in [1.29, 1.82) is 0 Å². The van der Waals surface area contributed by atoms with Gasteiger partial charge in [-0.25, -0.2) is 9.37 Å². The molecule has 1 aromatic carbocycles. The number of nitrogens with zero attached hydrogens (tertiary/aromatic N) is 1. The second-order valence-electron chi connectivity index (χ2n) is 3.73. The minimum atomic E-state index is -0.501. The maximum atomic E-state index is 13.4. The fourth-order valence-electron chi connectivity index (χ4n) is 1.57. The van der Waals surface area contributed by atoms with Gasteiger partial charge in [0.1, 0.15) is 0 Å². The SMILES string of the molecule is CCc1ccc(Oc2ncccc2F)c(OC)c1. The number of aromatic nitrogens is 1. The largest absolute Gasteiger partial charge is 0.493 e. The average Bonchev–Trinajstić information content (AvgIpc) is 2.41. The lowest BCUT2D eigenvalue weighted by molar-refractivity contribution is 0.363. The van der Waals surface area contributed by atoms with Crippen LogP contribution in [0.1, 0.15) is 12.5 Å². The Morgan fingerprint density at radius 3 is 2.72 bits per heavy atom. The van der Waals surface area contributed by atoms with Crippen molar-refractivity contribution in [3.63, 3.8) is 0 Å². The van der Waals surface area contributed by atoms with Crippen LogP contribution >= 0.6 is 0 Å². The number of benzene rings is 1. The Bertz CT molecular complexity index is 543. The zero-order valence-electron chi connectivity index (χ0n) is 10.3. The lowest BCUT2D eigenvalue weighted by atomic mass is 10.1. The van der Waals surface area contributed by atoms with Crippen molar-refractivity contribution in [3.8, 4) is 17.4 Å². The molecule has 3 nitrogen and oxygen atoms in total. The zero-order chi connectivity index (χ0) is 13.0. The topological polar surface area (TPSA) is 31.4 Å². The van der Waals surface area contributed by atoms with Gasteiger partial charge in [-0.15, -0.1) is 0 Å². The number of pyridine rings is 1. The summed E-state index contributed by atoms with van der Waals surface area (Å²) in [5.74, 6) is 0.464. The average molecular weight is 247 g/mol. The highest BCUT2D eigenvalue weighted by Gasteiger charge is 2.10. The molecule has 0 saturated carbocycles. The molecular weight excluding hydrogens is 233 g/mol. The number of ether oxygens (including phenoxy) is 2. The molecule has 0 saturated heterocycles. The van der Waals surface area contributed by atoms with Gasteiger partial charge in [0.15, 0.2) is 17.3 Å². The summed E-state index contributed by atoms with van der Waals surface area (Å²) in [5.41, 5.74) is 1.13. The molecular formula is C14H14FNO2. The van der Waals surface area contributed by atoms with Crippen LogP contribution in [0, 0.1) is 5.82 Å². The molecule has 18 heavy (non-hydrogen) atoms. The first-order chi connectivity index (χ1) is 8.74. The monoisotopic (exact) mass is 247 g/mol. The van der Waals surface area contributed by atoms with Crippen molar-refractivity contribution in [1.82, 2.24) is 4.98 Å². The molecule has 1 heterocycles. The van der Waals surface area contributed by atoms with Gasteiger partial charge in [-0.1, -0.05) is 13.0 Å². The number of aryl methyl sites for hydroxylation is 1. The van der Waals surface area contributed by atoms with Crippen LogP contribution in [0.4, 0.5) is 4.39 Å². The van der Waals surface area contributed by atoms with Crippen LogP contribution in [0.15, 0.2) is 36.5 Å². The first-order valence-electron chi connectivity index (χ1n) is 5.70. The van der Waals surface area contributed by atoms with E-state index in [1.54, 1.807) is 13.2 Å². The highest BCUT2D eigenvalue weighted by molar-refractivity contribution is 5.44. The third kappa shape index (κ3) is 2.59. The van der Waals surface area contributed by atoms with E-state index in [9.17, 15) is 4.39 Å². The van der Waals surface area contributed by atoms with Gasteiger partial charge in [-0.2, -0.15) is 0 Å². The van der Waals surface area contributed by atoms with Crippen molar-refractivity contribution < 1.29 is 13.9 Å². The maximum absolute atomic E-state index is 13.4. The number of halogens is 1. The van der Waals surface area contributed by atoms with E-state index in [-0.39, 0.29) is 5.88 Å². The quantitative estimate of drug-likeness (QED) is 0.827. The smallest absolute Gasteiger partial charge is 0.255 e. The molecule has 94 valence electrons. The molecule has 0 atom stereocenters. The van der Waals surface area contributed by atoms with E-state index in [0.717, 1.165) is 12.0 Å². The Morgan fingerprint density at radius 2 is 2.06 bits per heavy atom. The van der Waals surface area contributed by atoms with E-state index in [4.69, 9.17) is 9.47 Å². The number of rotatable bonds is 4. The fraction of sp³-hybridized carbons (Fsp3) is 0.214. The van der Waals surface area contributed by atoms with Crippen LogP contribution < -0.4 is 9.47 Å². The summed E-state index contributed by atoms with van der Waals surface area (Å²) in [6, 6.07) is 8.36. The molecule has 0 radical (unpaired) electrons. The molecule has 0 N–H and O–H groups in total. The van der Waals surface area contributed by atoms with Crippen LogP contribution in [0.2, 0.25) is 0 Å². The summed E-state index contributed by atoms with van der Waals surface area (Å²) in [5, 5.41) is 0. The van der Waals surface area contributed by atoms with E-state index >= 15 is 0 Å². The third-order valence-electron chi connectivity index (χ3n) is 2.57. The standard InChI is InChI=1S/C14H14FNO2/c1-3-10-6-7-12(13(9-10)17-2)18-14-11(15)5-4-8-16-14/h4-9H,3H2,1-2H3. The normalized spacial score (nSPS) is 10.2. The highest BCUT2D eigenvalue weighted by Crippen LogP contribution is 2.32. The highest BCUT2D eigenvalue weighted by atomic mass is 19.1. The summed E-state index contributed by atoms with van der Waals surface area (Å²) in [7, 11) is 1.55. The zero-order valence-corrected chi connectivity index (χ0v) is 10.3. The number of methoxy groups -OCH3 is 1. The predicted molar refractivity (Wildman–Crippen MR) is 66.6 cm³/mol. The summed E-state index contributed by atoms with van der Waals surface area (Å²) in [4.78, 5) is 3.84. The summed E-state index contributed by atoms with van der Waals surface area (Å²) in [6.45, 7) is 2.05. The lowest BCUT2D eigenvalue weighted by Crippen LogP contribution is -1.95. The fourth-order valence-corrected chi connectivity index (χ4v) is 1.57. The first-order valence-corrected chi connectivity index (χ1v) is 5.70. The molecule has 1 aromatic heterocycles. The second kappa shape index (κ2) is 5.49. The van der Waals surface area contributed by atoms with Gasteiger partial charge < -0.3 is 9.47 Å². The summed E-state index contributed by atoms with van der Waals surface area (Å²) < 4.78 is 24.1. The van der Waals surface area contributed by atoms with E-state index < -0.39 is 5.82 Å². The lowest BCUT2D eigenvalue weighted by Gasteiger charge is -2.11.